The molecule has 1 atom stereocenters. The first kappa shape index (κ1) is 14.6. The molecule has 0 saturated heterocycles. The van der Waals surface area contributed by atoms with Crippen LogP contribution in [-0.2, 0) is 6.42 Å². The molecule has 0 aliphatic rings. The van der Waals surface area contributed by atoms with Gasteiger partial charge in [-0.15, -0.1) is 0 Å². The Morgan fingerprint density at radius 2 is 2.11 bits per heavy atom. The van der Waals surface area contributed by atoms with E-state index in [1.807, 2.05) is 19.1 Å². The third-order valence-corrected chi connectivity index (χ3v) is 4.38. The summed E-state index contributed by atoms with van der Waals surface area (Å²) in [5.74, 6) is 1.82. The van der Waals surface area contributed by atoms with Gasteiger partial charge in [0.15, 0.2) is 0 Å². The molecular weight excluding hydrogens is 379 g/mol. The molecule has 0 saturated carbocycles. The Kier molecular flexibility index (Phi) is 4.68. The van der Waals surface area contributed by atoms with E-state index in [0.717, 1.165) is 23.5 Å². The van der Waals surface area contributed by atoms with Crippen LogP contribution in [0.3, 0.4) is 0 Å². The largest absolute Gasteiger partial charge is 0.496 e. The highest BCUT2D eigenvalue weighted by molar-refractivity contribution is 9.10. The molecule has 0 aliphatic carbocycles. The summed E-state index contributed by atoms with van der Waals surface area (Å²) >= 11 is 6.76. The van der Waals surface area contributed by atoms with Crippen LogP contribution in [0, 0.1) is 5.82 Å². The average molecular weight is 392 g/mol. The van der Waals surface area contributed by atoms with Gasteiger partial charge in [-0.25, -0.2) is 4.39 Å². The van der Waals surface area contributed by atoms with Crippen molar-refractivity contribution in [1.82, 2.24) is 0 Å². The van der Waals surface area contributed by atoms with Crippen LogP contribution in [0.4, 0.5) is 4.39 Å². The van der Waals surface area contributed by atoms with Gasteiger partial charge >= 0.3 is 0 Å². The minimum absolute atomic E-state index is 0.181. The van der Waals surface area contributed by atoms with Crippen molar-refractivity contribution in [3.63, 3.8) is 0 Å². The Bertz CT molecular complexity index is 581. The molecule has 2 aromatic rings. The van der Waals surface area contributed by atoms with E-state index < -0.39 is 0 Å². The van der Waals surface area contributed by atoms with Gasteiger partial charge in [0.25, 0.3) is 0 Å². The Morgan fingerprint density at radius 3 is 2.68 bits per heavy atom. The number of aryl methyl sites for hydroxylation is 1. The van der Waals surface area contributed by atoms with Crippen LogP contribution in [0.5, 0.6) is 5.75 Å². The number of halogens is 3. The smallest absolute Gasteiger partial charge is 0.141 e. The van der Waals surface area contributed by atoms with E-state index in [-0.39, 0.29) is 10.6 Å². The van der Waals surface area contributed by atoms with Crippen molar-refractivity contribution in [2.24, 2.45) is 0 Å². The van der Waals surface area contributed by atoms with Gasteiger partial charge in [-0.05, 0) is 34.1 Å². The van der Waals surface area contributed by atoms with Crippen LogP contribution in [0.2, 0.25) is 0 Å². The molecule has 1 unspecified atom stereocenters. The second kappa shape index (κ2) is 6.09. The quantitative estimate of drug-likeness (QED) is 0.665. The zero-order valence-electron chi connectivity index (χ0n) is 10.5. The lowest BCUT2D eigenvalue weighted by molar-refractivity contribution is 0.403. The second-order valence-electron chi connectivity index (χ2n) is 4.03. The van der Waals surface area contributed by atoms with E-state index in [2.05, 4.69) is 31.9 Å². The zero-order chi connectivity index (χ0) is 14.0. The van der Waals surface area contributed by atoms with Gasteiger partial charge in [-0.1, -0.05) is 22.9 Å². The SMILES string of the molecule is CCc1ccc(C(Br)c2cc(Br)c(F)cc2OC)o1. The highest BCUT2D eigenvalue weighted by Crippen LogP contribution is 2.39. The predicted octanol–water partition coefficient (Wildman–Crippen LogP) is 5.24. The molecule has 5 heteroatoms. The topological polar surface area (TPSA) is 22.4 Å². The number of ether oxygens (including phenoxy) is 1. The van der Waals surface area contributed by atoms with E-state index in [1.54, 1.807) is 6.07 Å². The summed E-state index contributed by atoms with van der Waals surface area (Å²) < 4.78 is 24.8. The van der Waals surface area contributed by atoms with Crippen molar-refractivity contribution in [1.29, 1.82) is 0 Å². The summed E-state index contributed by atoms with van der Waals surface area (Å²) in [5, 5.41) is 0. The van der Waals surface area contributed by atoms with E-state index in [9.17, 15) is 4.39 Å². The van der Waals surface area contributed by atoms with Crippen LogP contribution in [0.15, 0.2) is 33.2 Å². The monoisotopic (exact) mass is 390 g/mol. The molecule has 0 amide bonds. The molecule has 1 aromatic carbocycles. The maximum Gasteiger partial charge on any atom is 0.141 e. The van der Waals surface area contributed by atoms with Crippen LogP contribution in [0.25, 0.3) is 0 Å². The number of rotatable bonds is 4. The van der Waals surface area contributed by atoms with Crippen LogP contribution in [-0.4, -0.2) is 7.11 Å². The zero-order valence-corrected chi connectivity index (χ0v) is 13.7. The third kappa shape index (κ3) is 3.03. The van der Waals surface area contributed by atoms with Gasteiger partial charge in [-0.2, -0.15) is 0 Å². The standard InChI is InChI=1S/C14H13Br2FO2/c1-3-8-4-5-12(19-8)14(16)9-6-10(15)11(17)7-13(9)18-2/h4-7,14H,3H2,1-2H3. The van der Waals surface area contributed by atoms with Gasteiger partial charge in [0.2, 0.25) is 0 Å². The highest BCUT2D eigenvalue weighted by atomic mass is 79.9. The van der Waals surface area contributed by atoms with Crippen molar-refractivity contribution >= 4 is 31.9 Å². The van der Waals surface area contributed by atoms with Crippen molar-refractivity contribution < 1.29 is 13.5 Å². The van der Waals surface area contributed by atoms with E-state index >= 15 is 0 Å². The van der Waals surface area contributed by atoms with Gasteiger partial charge in [0.1, 0.15) is 27.9 Å². The van der Waals surface area contributed by atoms with E-state index in [1.165, 1.54) is 13.2 Å². The molecule has 0 spiro atoms. The fourth-order valence-corrected chi connectivity index (χ4v) is 2.76. The number of furan rings is 1. The van der Waals surface area contributed by atoms with Crippen molar-refractivity contribution in [2.75, 3.05) is 7.11 Å². The van der Waals surface area contributed by atoms with Crippen LogP contribution < -0.4 is 4.74 Å². The summed E-state index contributed by atoms with van der Waals surface area (Å²) in [6.45, 7) is 2.03. The Hall–Kier alpha value is -0.810. The molecule has 2 rings (SSSR count). The number of benzene rings is 1. The Morgan fingerprint density at radius 1 is 1.37 bits per heavy atom. The molecule has 1 heterocycles. The second-order valence-corrected chi connectivity index (χ2v) is 5.80. The molecule has 1 aromatic heterocycles. The minimum Gasteiger partial charge on any atom is -0.496 e. The van der Waals surface area contributed by atoms with Crippen LogP contribution in [0.1, 0.15) is 28.8 Å². The Balaban J connectivity index is 2.42. The molecule has 19 heavy (non-hydrogen) atoms. The fourth-order valence-electron chi connectivity index (χ4n) is 1.79. The molecule has 102 valence electrons. The van der Waals surface area contributed by atoms with E-state index in [0.29, 0.717) is 10.2 Å². The summed E-state index contributed by atoms with van der Waals surface area (Å²) in [4.78, 5) is -0.181. The van der Waals surface area contributed by atoms with Crippen molar-refractivity contribution in [3.8, 4) is 5.75 Å². The third-order valence-electron chi connectivity index (χ3n) is 2.83. The number of methoxy groups -OCH3 is 1. The lowest BCUT2D eigenvalue weighted by Gasteiger charge is -2.13. The summed E-state index contributed by atoms with van der Waals surface area (Å²) in [6.07, 6.45) is 0.837. The maximum absolute atomic E-state index is 13.5. The Labute approximate surface area is 128 Å². The predicted molar refractivity (Wildman–Crippen MR) is 79.5 cm³/mol. The number of hydrogen-bond donors (Lipinski definition) is 0. The van der Waals surface area contributed by atoms with Gasteiger partial charge < -0.3 is 9.15 Å². The summed E-state index contributed by atoms with van der Waals surface area (Å²) in [6, 6.07) is 6.91. The average Bonchev–Trinajstić information content (AvgIpc) is 2.89. The highest BCUT2D eigenvalue weighted by Gasteiger charge is 2.20. The maximum atomic E-state index is 13.5. The first-order valence-electron chi connectivity index (χ1n) is 5.82. The molecular formula is C14H13Br2FO2. The number of alkyl halides is 1. The minimum atomic E-state index is -0.353. The fraction of sp³-hybridized carbons (Fsp3) is 0.286. The molecule has 0 aliphatic heterocycles. The number of hydrogen-bond acceptors (Lipinski definition) is 2. The normalized spacial score (nSPS) is 12.5. The lowest BCUT2D eigenvalue weighted by Crippen LogP contribution is -1.97. The molecule has 0 fully saturated rings. The first-order valence-corrected chi connectivity index (χ1v) is 7.53. The summed E-state index contributed by atoms with van der Waals surface area (Å²) in [5.41, 5.74) is 0.813. The molecule has 2 nitrogen and oxygen atoms in total. The van der Waals surface area contributed by atoms with E-state index in [4.69, 9.17) is 9.15 Å². The lowest BCUT2D eigenvalue weighted by atomic mass is 10.1. The first-order chi connectivity index (χ1) is 9.06. The molecule has 0 bridgehead atoms. The van der Waals surface area contributed by atoms with Crippen LogP contribution >= 0.6 is 31.9 Å². The van der Waals surface area contributed by atoms with Crippen molar-refractivity contribution in [3.05, 3.63) is 51.6 Å². The van der Waals surface area contributed by atoms with Gasteiger partial charge in [0.05, 0.1) is 11.6 Å². The van der Waals surface area contributed by atoms with Crippen molar-refractivity contribution in [2.45, 2.75) is 18.2 Å². The summed E-state index contributed by atoms with van der Waals surface area (Å²) in [7, 11) is 1.52. The van der Waals surface area contributed by atoms with Gasteiger partial charge in [0, 0.05) is 18.1 Å². The molecule has 0 N–H and O–H groups in total. The van der Waals surface area contributed by atoms with Gasteiger partial charge in [-0.3, -0.25) is 0 Å². The molecule has 0 radical (unpaired) electrons.